The maximum absolute atomic E-state index is 5.35. The van der Waals surface area contributed by atoms with E-state index in [0.29, 0.717) is 0 Å². The van der Waals surface area contributed by atoms with Crippen molar-refractivity contribution in [3.8, 4) is 22.3 Å². The van der Waals surface area contributed by atoms with Crippen LogP contribution in [-0.4, -0.2) is 5.84 Å². The van der Waals surface area contributed by atoms with E-state index in [0.717, 1.165) is 29.8 Å². The zero-order chi connectivity index (χ0) is 35.2. The number of allylic oxidation sites excluding steroid dienone is 4. The van der Waals surface area contributed by atoms with Crippen LogP contribution in [-0.2, 0) is 5.41 Å². The zero-order valence-corrected chi connectivity index (χ0v) is 29.4. The minimum Gasteiger partial charge on any atom is -0.350 e. The fourth-order valence-corrected chi connectivity index (χ4v) is 8.99. The van der Waals surface area contributed by atoms with Crippen LogP contribution in [0.3, 0.4) is 0 Å². The van der Waals surface area contributed by atoms with Gasteiger partial charge >= 0.3 is 0 Å². The van der Waals surface area contributed by atoms with E-state index in [2.05, 4.69) is 199 Å². The second kappa shape index (κ2) is 13.0. The summed E-state index contributed by atoms with van der Waals surface area (Å²) >= 11 is 0. The molecule has 254 valence electrons. The first-order chi connectivity index (χ1) is 26.3. The van der Waals surface area contributed by atoms with Crippen molar-refractivity contribution in [2.75, 3.05) is 0 Å². The zero-order valence-electron chi connectivity index (χ0n) is 29.4. The molecule has 0 saturated carbocycles. The Morgan fingerprint density at radius 1 is 0.604 bits per heavy atom. The average molecular weight is 682 g/mol. The lowest BCUT2D eigenvalue weighted by molar-refractivity contribution is 0.411. The molecule has 0 amide bonds. The van der Waals surface area contributed by atoms with Crippen molar-refractivity contribution in [3.63, 3.8) is 0 Å². The molecular weight excluding hydrogens is 643 g/mol. The molecule has 3 atom stereocenters. The smallest absolute Gasteiger partial charge is 0.131 e. The van der Waals surface area contributed by atoms with Gasteiger partial charge in [0, 0.05) is 11.1 Å². The number of fused-ring (bicyclic) bond motifs is 4. The van der Waals surface area contributed by atoms with Crippen LogP contribution in [0.1, 0.15) is 58.6 Å². The normalized spacial score (nSPS) is 20.2. The number of hydrogen-bond acceptors (Lipinski definition) is 3. The highest BCUT2D eigenvalue weighted by atomic mass is 15.3. The molecule has 3 unspecified atom stereocenters. The lowest BCUT2D eigenvalue weighted by Crippen LogP contribution is -2.45. The molecule has 53 heavy (non-hydrogen) atoms. The highest BCUT2D eigenvalue weighted by molar-refractivity contribution is 6.03. The summed E-state index contributed by atoms with van der Waals surface area (Å²) < 4.78 is 0. The predicted molar refractivity (Wildman–Crippen MR) is 219 cm³/mol. The third kappa shape index (κ3) is 5.19. The molecule has 10 rings (SSSR count). The molecule has 1 aliphatic heterocycles. The largest absolute Gasteiger partial charge is 0.350 e. The summed E-state index contributed by atoms with van der Waals surface area (Å²) in [6, 6.07) is 61.7. The highest BCUT2D eigenvalue weighted by Crippen LogP contribution is 2.60. The van der Waals surface area contributed by atoms with Crippen molar-refractivity contribution >= 4 is 16.6 Å². The average Bonchev–Trinajstić information content (AvgIpc) is 3.54. The highest BCUT2D eigenvalue weighted by Gasteiger charge is 2.49. The Kier molecular flexibility index (Phi) is 7.74. The Morgan fingerprint density at radius 2 is 1.26 bits per heavy atom. The Bertz CT molecular complexity index is 2550. The fraction of sp³-hybridized carbons (Fsp3) is 0.100. The monoisotopic (exact) mass is 681 g/mol. The van der Waals surface area contributed by atoms with Gasteiger partial charge in [0.25, 0.3) is 0 Å². The van der Waals surface area contributed by atoms with Crippen molar-refractivity contribution in [2.45, 2.75) is 30.6 Å². The summed E-state index contributed by atoms with van der Waals surface area (Å²) in [5.74, 6) is 0.879. The quantitative estimate of drug-likeness (QED) is 0.183. The van der Waals surface area contributed by atoms with Crippen LogP contribution < -0.4 is 10.6 Å². The van der Waals surface area contributed by atoms with Gasteiger partial charge in [-0.1, -0.05) is 188 Å². The van der Waals surface area contributed by atoms with E-state index < -0.39 is 5.41 Å². The van der Waals surface area contributed by atoms with E-state index in [1.54, 1.807) is 0 Å². The molecule has 7 aromatic rings. The van der Waals surface area contributed by atoms with Crippen LogP contribution in [0.15, 0.2) is 199 Å². The molecule has 0 bridgehead atoms. The molecule has 0 aromatic heterocycles. The molecule has 0 fully saturated rings. The lowest BCUT2D eigenvalue weighted by Gasteiger charge is -2.38. The number of nitrogens with one attached hydrogen (secondary N) is 2. The van der Waals surface area contributed by atoms with Crippen molar-refractivity contribution < 1.29 is 0 Å². The summed E-state index contributed by atoms with van der Waals surface area (Å²) in [6.07, 6.45) is 8.49. The molecule has 0 spiro atoms. The molecule has 3 nitrogen and oxygen atoms in total. The number of benzene rings is 7. The van der Waals surface area contributed by atoms with Gasteiger partial charge in [-0.05, 0) is 74.2 Å². The summed E-state index contributed by atoms with van der Waals surface area (Å²) in [5.41, 5.74) is 13.4. The van der Waals surface area contributed by atoms with E-state index in [9.17, 15) is 0 Å². The fourth-order valence-electron chi connectivity index (χ4n) is 8.99. The van der Waals surface area contributed by atoms with Gasteiger partial charge in [0.15, 0.2) is 0 Å². The van der Waals surface area contributed by atoms with E-state index in [-0.39, 0.29) is 12.3 Å². The van der Waals surface area contributed by atoms with Crippen molar-refractivity contribution in [1.29, 1.82) is 0 Å². The molecule has 2 N–H and O–H groups in total. The lowest BCUT2D eigenvalue weighted by atomic mass is 9.65. The first-order valence-electron chi connectivity index (χ1n) is 18.7. The van der Waals surface area contributed by atoms with E-state index in [1.165, 1.54) is 60.9 Å². The maximum atomic E-state index is 5.35. The Balaban J connectivity index is 1.21. The summed E-state index contributed by atoms with van der Waals surface area (Å²) in [7, 11) is 0. The van der Waals surface area contributed by atoms with Gasteiger partial charge in [-0.3, -0.25) is 5.32 Å². The molecule has 3 aliphatic rings. The van der Waals surface area contributed by atoms with Crippen molar-refractivity contribution in [3.05, 3.63) is 227 Å². The topological polar surface area (TPSA) is 36.4 Å². The molecule has 7 aromatic carbocycles. The number of hydrogen-bond donors (Lipinski definition) is 2. The molecule has 1 heterocycles. The summed E-state index contributed by atoms with van der Waals surface area (Å²) in [5, 5.41) is 10.4. The Hall–Kier alpha value is -6.29. The first kappa shape index (κ1) is 31.4. The Labute approximate surface area is 311 Å². The minimum absolute atomic E-state index is 0.235. The SMILES string of the molecule is C1=CCCC(C2(c3ccccc3)c3ccccc3-c3c2cc2ccccc2c3C2NC(c3ccc(-c4ccccc4)cc3)=NC(c3ccccc3)N2)=C1. The van der Waals surface area contributed by atoms with Crippen molar-refractivity contribution in [1.82, 2.24) is 10.6 Å². The van der Waals surface area contributed by atoms with Gasteiger partial charge in [0.2, 0.25) is 0 Å². The predicted octanol–water partition coefficient (Wildman–Crippen LogP) is 11.4. The van der Waals surface area contributed by atoms with E-state index in [1.807, 2.05) is 0 Å². The van der Waals surface area contributed by atoms with Crippen LogP contribution in [0.5, 0.6) is 0 Å². The number of amidine groups is 1. The van der Waals surface area contributed by atoms with E-state index in [4.69, 9.17) is 4.99 Å². The second-order valence-corrected chi connectivity index (χ2v) is 14.2. The maximum Gasteiger partial charge on any atom is 0.131 e. The molecule has 0 saturated heterocycles. The summed E-state index contributed by atoms with van der Waals surface area (Å²) in [4.78, 5) is 5.35. The van der Waals surface area contributed by atoms with Gasteiger partial charge in [-0.25, -0.2) is 4.99 Å². The number of rotatable bonds is 6. The molecule has 3 heteroatoms. The van der Waals surface area contributed by atoms with Crippen LogP contribution in [0.25, 0.3) is 33.0 Å². The van der Waals surface area contributed by atoms with Crippen LogP contribution in [0, 0.1) is 0 Å². The Morgan fingerprint density at radius 3 is 2.04 bits per heavy atom. The summed E-state index contributed by atoms with van der Waals surface area (Å²) in [6.45, 7) is 0. The van der Waals surface area contributed by atoms with Gasteiger partial charge < -0.3 is 5.32 Å². The third-order valence-corrected chi connectivity index (χ3v) is 11.3. The van der Waals surface area contributed by atoms with E-state index >= 15 is 0 Å². The van der Waals surface area contributed by atoms with Gasteiger partial charge in [-0.2, -0.15) is 0 Å². The van der Waals surface area contributed by atoms with Crippen LogP contribution in [0.4, 0.5) is 0 Å². The first-order valence-corrected chi connectivity index (χ1v) is 18.7. The van der Waals surface area contributed by atoms with Crippen LogP contribution in [0.2, 0.25) is 0 Å². The standard InChI is InChI=1S/C50H39N3/c1-5-17-34(18-6-1)35-29-31-37(32-30-35)48-51-47(36-19-7-2-8-20-36)52-49(53-48)46-41-26-14-13-21-38(41)33-44-45(46)42-27-15-16-28-43(42)50(44,39-22-9-3-10-23-39)40-24-11-4-12-25-40/h1-11,13-24,26-33,47,49,52H,12,25H2,(H,51,53). The van der Waals surface area contributed by atoms with Gasteiger partial charge in [0.1, 0.15) is 18.2 Å². The molecule has 0 radical (unpaired) electrons. The minimum atomic E-state index is -0.422. The van der Waals surface area contributed by atoms with Gasteiger partial charge in [-0.15, -0.1) is 0 Å². The number of aliphatic imine (C=N–C) groups is 1. The molecule has 2 aliphatic carbocycles. The van der Waals surface area contributed by atoms with Gasteiger partial charge in [0.05, 0.1) is 5.41 Å². The van der Waals surface area contributed by atoms with Crippen LogP contribution >= 0.6 is 0 Å². The number of nitrogens with zero attached hydrogens (tertiary/aromatic N) is 1. The second-order valence-electron chi connectivity index (χ2n) is 14.2. The molecular formula is C50H39N3. The third-order valence-electron chi connectivity index (χ3n) is 11.3. The van der Waals surface area contributed by atoms with Crippen molar-refractivity contribution in [2.24, 2.45) is 4.99 Å².